The van der Waals surface area contributed by atoms with Crippen molar-refractivity contribution in [1.29, 1.82) is 0 Å². The van der Waals surface area contributed by atoms with Crippen LogP contribution in [0.1, 0.15) is 97.4 Å². The molecule has 3 nitrogen and oxygen atoms in total. The molecule has 0 bridgehead atoms. The van der Waals surface area contributed by atoms with Crippen LogP contribution in [-0.2, 0) is 16.2 Å². The van der Waals surface area contributed by atoms with E-state index in [1.807, 2.05) is 19.1 Å². The van der Waals surface area contributed by atoms with E-state index in [9.17, 15) is 15.3 Å². The maximum absolute atomic E-state index is 10.2. The summed E-state index contributed by atoms with van der Waals surface area (Å²) in [6.45, 7) is 20.7. The molecule has 0 amide bonds. The summed E-state index contributed by atoms with van der Waals surface area (Å²) in [5.74, 6) is 0.981. The Morgan fingerprint density at radius 2 is 0.967 bits per heavy atom. The van der Waals surface area contributed by atoms with Crippen molar-refractivity contribution >= 4 is 0 Å². The molecule has 0 saturated carbocycles. The number of phenols is 3. The van der Waals surface area contributed by atoms with Crippen LogP contribution in [0.4, 0.5) is 0 Å². The number of benzene rings is 2. The first kappa shape index (κ1) is 25.9. The van der Waals surface area contributed by atoms with Crippen LogP contribution in [-0.4, -0.2) is 15.3 Å². The second-order valence-electron chi connectivity index (χ2n) is 10.6. The maximum Gasteiger partial charge on any atom is 0.119 e. The summed E-state index contributed by atoms with van der Waals surface area (Å²) in [7, 11) is 0. The fourth-order valence-electron chi connectivity index (χ4n) is 3.32. The number of rotatable bonds is 4. The van der Waals surface area contributed by atoms with Crippen LogP contribution in [0.3, 0.4) is 0 Å². The highest BCUT2D eigenvalue weighted by molar-refractivity contribution is 5.50. The zero-order valence-corrected chi connectivity index (χ0v) is 20.6. The van der Waals surface area contributed by atoms with Gasteiger partial charge in [-0.25, -0.2) is 0 Å². The Morgan fingerprint density at radius 1 is 0.600 bits per heavy atom. The molecule has 3 heteroatoms. The van der Waals surface area contributed by atoms with E-state index in [1.54, 1.807) is 18.2 Å². The molecular weight excluding hydrogens is 372 g/mol. The molecule has 0 unspecified atom stereocenters. The van der Waals surface area contributed by atoms with Gasteiger partial charge in [-0.2, -0.15) is 0 Å². The van der Waals surface area contributed by atoms with E-state index in [0.29, 0.717) is 5.75 Å². The molecular formula is C27H42O3. The molecule has 0 atom stereocenters. The zero-order valence-electron chi connectivity index (χ0n) is 20.6. The fourth-order valence-corrected chi connectivity index (χ4v) is 3.32. The van der Waals surface area contributed by atoms with Gasteiger partial charge in [0.15, 0.2) is 0 Å². The number of phenolic OH excluding ortho intramolecular Hbond substituents is 3. The van der Waals surface area contributed by atoms with Gasteiger partial charge in [0.25, 0.3) is 0 Å². The van der Waals surface area contributed by atoms with E-state index in [2.05, 4.69) is 62.3 Å². The summed E-state index contributed by atoms with van der Waals surface area (Å²) >= 11 is 0. The Labute approximate surface area is 183 Å². The van der Waals surface area contributed by atoms with Crippen molar-refractivity contribution in [2.75, 3.05) is 0 Å². The summed E-state index contributed by atoms with van der Waals surface area (Å²) in [5.41, 5.74) is 3.51. The molecule has 2 aromatic rings. The smallest absolute Gasteiger partial charge is 0.119 e. The lowest BCUT2D eigenvalue weighted by Crippen LogP contribution is -2.19. The normalized spacial score (nSPS) is 12.3. The summed E-state index contributed by atoms with van der Waals surface area (Å²) < 4.78 is 0. The standard InChI is InChI=1S/C16H26O2.C11H16O/c1-7-15(3,4)11-9-14(18)12(10-13(11)17)16(5,6)8-2;1-8-5-6-9(10(12)7-8)11(2,3)4/h9-10,17-18H,7-8H2,1-6H3;5-7,12H,1-4H3. The van der Waals surface area contributed by atoms with Gasteiger partial charge < -0.3 is 15.3 Å². The number of hydrogen-bond acceptors (Lipinski definition) is 3. The minimum atomic E-state index is -0.129. The largest absolute Gasteiger partial charge is 0.508 e. The Hall–Kier alpha value is -2.16. The SMILES string of the molecule is CCC(C)(C)c1cc(O)c(C(C)(C)CC)cc1O.Cc1ccc(C(C)(C)C)c(O)c1. The van der Waals surface area contributed by atoms with Gasteiger partial charge in [0.05, 0.1) is 0 Å². The van der Waals surface area contributed by atoms with E-state index in [-0.39, 0.29) is 27.7 Å². The molecule has 30 heavy (non-hydrogen) atoms. The topological polar surface area (TPSA) is 60.7 Å². The van der Waals surface area contributed by atoms with Gasteiger partial charge in [0.2, 0.25) is 0 Å². The van der Waals surface area contributed by atoms with Crippen molar-refractivity contribution < 1.29 is 15.3 Å². The molecule has 0 aliphatic carbocycles. The Kier molecular flexibility index (Phi) is 8.04. The third-order valence-electron chi connectivity index (χ3n) is 6.30. The summed E-state index contributed by atoms with van der Waals surface area (Å²) in [6.07, 6.45) is 1.83. The van der Waals surface area contributed by atoms with E-state index in [4.69, 9.17) is 0 Å². The van der Waals surface area contributed by atoms with Gasteiger partial charge in [0, 0.05) is 11.1 Å². The number of hydrogen-bond donors (Lipinski definition) is 3. The minimum absolute atomic E-state index is 0.0256. The van der Waals surface area contributed by atoms with Crippen molar-refractivity contribution in [3.05, 3.63) is 52.6 Å². The summed E-state index contributed by atoms with van der Waals surface area (Å²) in [4.78, 5) is 0. The molecule has 2 rings (SSSR count). The first-order valence-corrected chi connectivity index (χ1v) is 10.9. The van der Waals surface area contributed by atoms with Gasteiger partial charge in [-0.1, -0.05) is 74.4 Å². The van der Waals surface area contributed by atoms with Gasteiger partial charge in [-0.15, -0.1) is 0 Å². The second kappa shape index (κ2) is 9.32. The molecule has 0 radical (unpaired) electrons. The summed E-state index contributed by atoms with van der Waals surface area (Å²) in [5, 5.41) is 30.1. The third-order valence-corrected chi connectivity index (χ3v) is 6.30. The molecule has 0 heterocycles. The Balaban J connectivity index is 0.000000325. The Bertz CT molecular complexity index is 813. The maximum atomic E-state index is 10.2. The average molecular weight is 415 g/mol. The van der Waals surface area contributed by atoms with E-state index in [1.165, 1.54) is 0 Å². The monoisotopic (exact) mass is 414 g/mol. The molecule has 0 aliphatic rings. The minimum Gasteiger partial charge on any atom is -0.508 e. The van der Waals surface area contributed by atoms with E-state index < -0.39 is 0 Å². The second-order valence-corrected chi connectivity index (χ2v) is 10.6. The van der Waals surface area contributed by atoms with E-state index >= 15 is 0 Å². The van der Waals surface area contributed by atoms with Gasteiger partial charge in [-0.3, -0.25) is 0 Å². The first-order valence-electron chi connectivity index (χ1n) is 10.9. The lowest BCUT2D eigenvalue weighted by molar-refractivity contribution is 0.400. The highest BCUT2D eigenvalue weighted by atomic mass is 16.3. The predicted octanol–water partition coefficient (Wildman–Crippen LogP) is 7.47. The third kappa shape index (κ3) is 6.17. The van der Waals surface area contributed by atoms with Crippen LogP contribution in [0.15, 0.2) is 30.3 Å². The molecule has 0 spiro atoms. The van der Waals surface area contributed by atoms with Gasteiger partial charge in [-0.05, 0) is 65.3 Å². The van der Waals surface area contributed by atoms with Gasteiger partial charge >= 0.3 is 0 Å². The van der Waals surface area contributed by atoms with Crippen LogP contribution in [0.2, 0.25) is 0 Å². The van der Waals surface area contributed by atoms with Crippen molar-refractivity contribution in [3.8, 4) is 17.2 Å². The van der Waals surface area contributed by atoms with Crippen molar-refractivity contribution in [1.82, 2.24) is 0 Å². The lowest BCUT2D eigenvalue weighted by atomic mass is 9.77. The Morgan fingerprint density at radius 3 is 1.27 bits per heavy atom. The molecule has 3 N–H and O–H groups in total. The van der Waals surface area contributed by atoms with E-state index in [0.717, 1.165) is 35.1 Å². The molecule has 0 fully saturated rings. The van der Waals surface area contributed by atoms with Crippen LogP contribution >= 0.6 is 0 Å². The molecule has 2 aromatic carbocycles. The number of aryl methyl sites for hydroxylation is 1. The predicted molar refractivity (Wildman–Crippen MR) is 128 cm³/mol. The van der Waals surface area contributed by atoms with Crippen LogP contribution in [0.25, 0.3) is 0 Å². The van der Waals surface area contributed by atoms with Crippen molar-refractivity contribution in [3.63, 3.8) is 0 Å². The van der Waals surface area contributed by atoms with Crippen LogP contribution in [0.5, 0.6) is 17.2 Å². The van der Waals surface area contributed by atoms with Crippen LogP contribution in [0, 0.1) is 6.92 Å². The molecule has 0 saturated heterocycles. The van der Waals surface area contributed by atoms with Gasteiger partial charge in [0.1, 0.15) is 17.2 Å². The highest BCUT2D eigenvalue weighted by Crippen LogP contribution is 2.42. The van der Waals surface area contributed by atoms with Crippen molar-refractivity contribution in [2.45, 2.75) is 98.3 Å². The molecule has 0 aliphatic heterocycles. The fraction of sp³-hybridized carbons (Fsp3) is 0.556. The molecule has 0 aromatic heterocycles. The highest BCUT2D eigenvalue weighted by Gasteiger charge is 2.28. The zero-order chi connectivity index (χ0) is 23.5. The number of aromatic hydroxyl groups is 3. The molecule has 168 valence electrons. The van der Waals surface area contributed by atoms with Crippen LogP contribution < -0.4 is 0 Å². The average Bonchev–Trinajstić information content (AvgIpc) is 2.62. The van der Waals surface area contributed by atoms with Crippen molar-refractivity contribution in [2.24, 2.45) is 0 Å². The lowest BCUT2D eigenvalue weighted by Gasteiger charge is -2.29. The quantitative estimate of drug-likeness (QED) is 0.455. The first-order chi connectivity index (χ1) is 13.6. The summed E-state index contributed by atoms with van der Waals surface area (Å²) in [6, 6.07) is 9.28.